The number of thiocarbonyl (C=S) groups is 1. The van der Waals surface area contributed by atoms with Crippen LogP contribution >= 0.6 is 35.4 Å². The Hall–Kier alpha value is -2.10. The minimum absolute atomic E-state index is 0.0192. The number of rotatable bonds is 2. The quantitative estimate of drug-likeness (QED) is 0.309. The van der Waals surface area contributed by atoms with Gasteiger partial charge in [0.1, 0.15) is 10.7 Å². The molecule has 1 fully saturated rings. The molecule has 2 aromatic carbocycles. The molecule has 0 aliphatic carbocycles. The molecule has 2 aromatic rings. The molecule has 3 rings (SSSR count). The second kappa shape index (κ2) is 8.73. The molecule has 0 bridgehead atoms. The molecule has 0 radical (unpaired) electrons. The third-order valence-corrected chi connectivity index (χ3v) is 5.34. The fraction of sp³-hybridized carbons (Fsp3) is 0.222. The highest BCUT2D eigenvalue weighted by Gasteiger charge is 2.30. The molecule has 0 unspecified atom stereocenters. The zero-order chi connectivity index (χ0) is 21.3. The summed E-state index contributed by atoms with van der Waals surface area (Å²) in [6.45, 7) is 0.381. The van der Waals surface area contributed by atoms with Crippen LogP contribution in [-0.2, 0) is 0 Å². The minimum Gasteiger partial charge on any atom is -0.363 e. The first kappa shape index (κ1) is 21.6. The second-order valence-electron chi connectivity index (χ2n) is 6.16. The number of halogens is 6. The smallest absolute Gasteiger partial charge is 0.257 e. The Morgan fingerprint density at radius 3 is 1.93 bits per heavy atom. The van der Waals surface area contributed by atoms with E-state index >= 15 is 0 Å². The summed E-state index contributed by atoms with van der Waals surface area (Å²) < 4.78 is 55.6. The molecule has 0 aromatic heterocycles. The summed E-state index contributed by atoms with van der Waals surface area (Å²) >= 11 is 16.2. The Bertz CT molecular complexity index is 938. The molecule has 1 N–H and O–H groups in total. The molecule has 11 heteroatoms. The number of carbonyl (C=O) groups excluding carboxylic acids is 1. The lowest BCUT2D eigenvalue weighted by Crippen LogP contribution is -2.53. The van der Waals surface area contributed by atoms with Crippen LogP contribution in [0, 0.1) is 23.3 Å². The van der Waals surface area contributed by atoms with Crippen LogP contribution in [-0.4, -0.2) is 42.1 Å². The van der Waals surface area contributed by atoms with E-state index in [9.17, 15) is 22.4 Å². The van der Waals surface area contributed by atoms with Crippen LogP contribution in [0.5, 0.6) is 0 Å². The van der Waals surface area contributed by atoms with Crippen molar-refractivity contribution < 1.29 is 22.4 Å². The number of carbonyl (C=O) groups is 1. The Kier molecular flexibility index (Phi) is 6.50. The topological polar surface area (TPSA) is 35.6 Å². The maximum Gasteiger partial charge on any atom is 0.257 e. The molecule has 1 saturated heterocycles. The van der Waals surface area contributed by atoms with E-state index in [2.05, 4.69) is 5.32 Å². The summed E-state index contributed by atoms with van der Waals surface area (Å²) in [6.07, 6.45) is 0. The molecule has 0 saturated carbocycles. The number of hydrogen-bond donors (Lipinski definition) is 1. The Labute approximate surface area is 179 Å². The largest absolute Gasteiger partial charge is 0.363 e. The third kappa shape index (κ3) is 4.41. The third-order valence-electron chi connectivity index (χ3n) is 4.40. The van der Waals surface area contributed by atoms with Crippen molar-refractivity contribution in [1.82, 2.24) is 10.2 Å². The van der Waals surface area contributed by atoms with Crippen LogP contribution in [0.15, 0.2) is 24.3 Å². The Morgan fingerprint density at radius 1 is 0.897 bits per heavy atom. The lowest BCUT2D eigenvalue weighted by atomic mass is 10.2. The van der Waals surface area contributed by atoms with Gasteiger partial charge in [0.2, 0.25) is 0 Å². The van der Waals surface area contributed by atoms with Crippen molar-refractivity contribution in [2.45, 2.75) is 0 Å². The summed E-state index contributed by atoms with van der Waals surface area (Å²) in [4.78, 5) is 15.0. The Morgan fingerprint density at radius 2 is 1.41 bits per heavy atom. The minimum atomic E-state index is -1.64. The average molecular weight is 466 g/mol. The van der Waals surface area contributed by atoms with E-state index in [1.165, 1.54) is 12.1 Å². The van der Waals surface area contributed by atoms with E-state index in [1.54, 1.807) is 17.0 Å². The first-order valence-corrected chi connectivity index (χ1v) is 9.49. The molecule has 1 heterocycles. The molecule has 0 spiro atoms. The monoisotopic (exact) mass is 465 g/mol. The van der Waals surface area contributed by atoms with Crippen LogP contribution in [0.1, 0.15) is 10.4 Å². The maximum atomic E-state index is 14.1. The molecule has 1 aliphatic rings. The van der Waals surface area contributed by atoms with E-state index in [4.69, 9.17) is 35.4 Å². The molecule has 1 amide bonds. The first-order chi connectivity index (χ1) is 13.7. The summed E-state index contributed by atoms with van der Waals surface area (Å²) in [7, 11) is 0. The fourth-order valence-electron chi connectivity index (χ4n) is 2.85. The van der Waals surface area contributed by atoms with Crippen molar-refractivity contribution in [2.75, 3.05) is 31.1 Å². The standard InChI is InChI=1S/C18H13Cl2F4N3OS/c19-10-3-1-9(2-4-10)17(28)25-18(29)27-7-5-26(6-8-27)16-14(23)12(21)11(20)13(22)15(16)24/h1-4H,5-8H2,(H,25,28,29). The van der Waals surface area contributed by atoms with Gasteiger partial charge in [0.25, 0.3) is 5.91 Å². The van der Waals surface area contributed by atoms with Crippen LogP contribution in [0.2, 0.25) is 10.0 Å². The molecule has 1 aliphatic heterocycles. The van der Waals surface area contributed by atoms with E-state index in [-0.39, 0.29) is 31.3 Å². The number of nitrogens with one attached hydrogen (secondary N) is 1. The predicted octanol–water partition coefficient (Wildman–Crippen LogP) is 4.39. The average Bonchev–Trinajstić information content (AvgIpc) is 2.72. The number of benzene rings is 2. The molecular weight excluding hydrogens is 453 g/mol. The highest BCUT2D eigenvalue weighted by molar-refractivity contribution is 7.80. The predicted molar refractivity (Wildman–Crippen MR) is 107 cm³/mol. The van der Waals surface area contributed by atoms with Crippen molar-refractivity contribution in [3.63, 3.8) is 0 Å². The van der Waals surface area contributed by atoms with Gasteiger partial charge in [-0.25, -0.2) is 17.6 Å². The van der Waals surface area contributed by atoms with Crippen molar-refractivity contribution in [1.29, 1.82) is 0 Å². The lowest BCUT2D eigenvalue weighted by molar-refractivity contribution is 0.0973. The zero-order valence-corrected chi connectivity index (χ0v) is 16.9. The molecule has 4 nitrogen and oxygen atoms in total. The summed E-state index contributed by atoms with van der Waals surface area (Å²) in [5, 5.41) is 1.94. The van der Waals surface area contributed by atoms with Gasteiger partial charge in [-0.15, -0.1) is 0 Å². The molecule has 29 heavy (non-hydrogen) atoms. The summed E-state index contributed by atoms with van der Waals surface area (Å²) in [5.41, 5.74) is -0.466. The number of anilines is 1. The highest BCUT2D eigenvalue weighted by Crippen LogP contribution is 2.33. The van der Waals surface area contributed by atoms with Gasteiger partial charge in [0, 0.05) is 36.8 Å². The molecule has 0 atom stereocenters. The van der Waals surface area contributed by atoms with Crippen molar-refractivity contribution >= 4 is 52.1 Å². The maximum absolute atomic E-state index is 14.1. The van der Waals surface area contributed by atoms with Crippen LogP contribution in [0.25, 0.3) is 0 Å². The van der Waals surface area contributed by atoms with E-state index in [1.807, 2.05) is 0 Å². The van der Waals surface area contributed by atoms with E-state index in [0.29, 0.717) is 10.6 Å². The molecular formula is C18H13Cl2F4N3OS. The number of piperazine rings is 1. The summed E-state index contributed by atoms with van der Waals surface area (Å²) in [6, 6.07) is 6.19. The first-order valence-electron chi connectivity index (χ1n) is 8.33. The van der Waals surface area contributed by atoms with Crippen LogP contribution in [0.3, 0.4) is 0 Å². The number of nitrogens with zero attached hydrogens (tertiary/aromatic N) is 2. The fourth-order valence-corrected chi connectivity index (χ4v) is 3.42. The molecule has 154 valence electrons. The SMILES string of the molecule is O=C(NC(=S)N1CCN(c2c(F)c(F)c(Cl)c(F)c2F)CC1)c1ccc(Cl)cc1. The number of hydrogen-bond acceptors (Lipinski definition) is 3. The summed E-state index contributed by atoms with van der Waals surface area (Å²) in [5.74, 6) is -6.84. The van der Waals surface area contributed by atoms with Gasteiger partial charge in [-0.2, -0.15) is 0 Å². The van der Waals surface area contributed by atoms with Crippen LogP contribution in [0.4, 0.5) is 23.2 Å². The van der Waals surface area contributed by atoms with E-state index < -0.39 is 39.9 Å². The van der Waals surface area contributed by atoms with Gasteiger partial charge in [0.05, 0.1) is 0 Å². The van der Waals surface area contributed by atoms with Gasteiger partial charge >= 0.3 is 0 Å². The van der Waals surface area contributed by atoms with Crippen molar-refractivity contribution in [3.05, 3.63) is 63.1 Å². The zero-order valence-electron chi connectivity index (χ0n) is 14.6. The van der Waals surface area contributed by atoms with Gasteiger partial charge in [0.15, 0.2) is 28.4 Å². The lowest BCUT2D eigenvalue weighted by Gasteiger charge is -2.37. The van der Waals surface area contributed by atoms with Gasteiger partial charge in [-0.3, -0.25) is 10.1 Å². The Balaban J connectivity index is 1.66. The van der Waals surface area contributed by atoms with Crippen LogP contribution < -0.4 is 10.2 Å². The second-order valence-corrected chi connectivity index (χ2v) is 7.36. The normalized spacial score (nSPS) is 14.1. The van der Waals surface area contributed by atoms with E-state index in [0.717, 1.165) is 4.90 Å². The van der Waals surface area contributed by atoms with Crippen molar-refractivity contribution in [2.24, 2.45) is 0 Å². The number of amides is 1. The van der Waals surface area contributed by atoms with Gasteiger partial charge in [-0.05, 0) is 36.5 Å². The van der Waals surface area contributed by atoms with Gasteiger partial charge in [-0.1, -0.05) is 23.2 Å². The van der Waals surface area contributed by atoms with Gasteiger partial charge < -0.3 is 9.80 Å². The van der Waals surface area contributed by atoms with Crippen molar-refractivity contribution in [3.8, 4) is 0 Å². The highest BCUT2D eigenvalue weighted by atomic mass is 35.5.